The molecule has 1 fully saturated rings. The molecule has 0 aliphatic carbocycles. The standard InChI is InChI=1S/C23H30N2O4S.CH4/c26-22(24-8-7-19-4-3-13-30-19)15-18(16-25-9-1-2-10-25)23(27)17-5-6-20-21(14-17)29-12-11-28-20;/h3-6,13-14,18,23,27H,1-2,7-12,15-16H2,(H,24,26);1H4/t18-,23-;/m1./s1. The highest BCUT2D eigenvalue weighted by atomic mass is 32.1. The molecule has 0 bridgehead atoms. The van der Waals surface area contributed by atoms with E-state index in [2.05, 4.69) is 16.3 Å². The summed E-state index contributed by atoms with van der Waals surface area (Å²) in [4.78, 5) is 16.3. The van der Waals surface area contributed by atoms with Gasteiger partial charge in [-0.05, 0) is 61.5 Å². The lowest BCUT2D eigenvalue weighted by Gasteiger charge is -2.28. The van der Waals surface area contributed by atoms with Gasteiger partial charge in [0.05, 0.1) is 6.10 Å². The fraction of sp³-hybridized carbons (Fsp3) is 0.542. The van der Waals surface area contributed by atoms with Crippen LogP contribution in [0.15, 0.2) is 35.7 Å². The van der Waals surface area contributed by atoms with Crippen molar-refractivity contribution in [1.82, 2.24) is 10.2 Å². The SMILES string of the molecule is C.O=C(C[C@H](CN1CCCC1)[C@H](O)c1ccc2c(c1)OCCO2)NCCc1cccs1. The van der Waals surface area contributed by atoms with E-state index in [-0.39, 0.29) is 19.3 Å². The maximum Gasteiger partial charge on any atom is 0.220 e. The highest BCUT2D eigenvalue weighted by Gasteiger charge is 2.28. The molecule has 0 saturated carbocycles. The van der Waals surface area contributed by atoms with Crippen LogP contribution in [0.3, 0.4) is 0 Å². The molecule has 0 unspecified atom stereocenters. The van der Waals surface area contributed by atoms with Gasteiger partial charge in [0.25, 0.3) is 0 Å². The number of nitrogens with zero attached hydrogens (tertiary/aromatic N) is 1. The van der Waals surface area contributed by atoms with Gasteiger partial charge in [0.1, 0.15) is 13.2 Å². The summed E-state index contributed by atoms with van der Waals surface area (Å²) in [7, 11) is 0. The van der Waals surface area contributed by atoms with Crippen molar-refractivity contribution in [3.05, 3.63) is 46.2 Å². The Labute approximate surface area is 189 Å². The second-order valence-electron chi connectivity index (χ2n) is 8.00. The van der Waals surface area contributed by atoms with Gasteiger partial charge in [-0.25, -0.2) is 0 Å². The second kappa shape index (κ2) is 11.5. The van der Waals surface area contributed by atoms with Crippen LogP contribution in [-0.2, 0) is 11.2 Å². The molecule has 4 rings (SSSR count). The summed E-state index contributed by atoms with van der Waals surface area (Å²) < 4.78 is 11.3. The highest BCUT2D eigenvalue weighted by Crippen LogP contribution is 2.35. The van der Waals surface area contributed by atoms with Crippen LogP contribution in [0.25, 0.3) is 0 Å². The Morgan fingerprint density at radius 2 is 1.94 bits per heavy atom. The maximum atomic E-state index is 12.6. The van der Waals surface area contributed by atoms with Crippen LogP contribution in [0, 0.1) is 5.92 Å². The molecule has 1 aromatic carbocycles. The molecule has 7 heteroatoms. The van der Waals surface area contributed by atoms with Crippen LogP contribution < -0.4 is 14.8 Å². The topological polar surface area (TPSA) is 71.0 Å². The number of benzene rings is 1. The summed E-state index contributed by atoms with van der Waals surface area (Å²) in [5.41, 5.74) is 0.773. The van der Waals surface area contributed by atoms with Gasteiger partial charge in [0, 0.05) is 30.3 Å². The lowest BCUT2D eigenvalue weighted by molar-refractivity contribution is -0.123. The first kappa shape index (κ1) is 23.6. The van der Waals surface area contributed by atoms with Crippen molar-refractivity contribution in [3.63, 3.8) is 0 Å². The number of likely N-dealkylation sites (tertiary alicyclic amines) is 1. The monoisotopic (exact) mass is 446 g/mol. The number of hydrogen-bond donors (Lipinski definition) is 2. The lowest BCUT2D eigenvalue weighted by atomic mass is 9.91. The van der Waals surface area contributed by atoms with Crippen LogP contribution in [-0.4, -0.2) is 55.3 Å². The Hall–Kier alpha value is -2.09. The molecule has 1 aromatic heterocycles. The minimum Gasteiger partial charge on any atom is -0.486 e. The van der Waals surface area contributed by atoms with Crippen molar-refractivity contribution in [2.24, 2.45) is 5.92 Å². The largest absolute Gasteiger partial charge is 0.486 e. The average Bonchev–Trinajstić information content (AvgIpc) is 3.47. The number of carbonyl (C=O) groups excluding carboxylic acids is 1. The van der Waals surface area contributed by atoms with E-state index in [9.17, 15) is 9.90 Å². The number of thiophene rings is 1. The smallest absolute Gasteiger partial charge is 0.220 e. The molecule has 3 heterocycles. The molecule has 0 radical (unpaired) electrons. The third-order valence-corrected chi connectivity index (χ3v) is 6.70. The van der Waals surface area contributed by atoms with Crippen molar-refractivity contribution in [2.45, 2.75) is 39.2 Å². The summed E-state index contributed by atoms with van der Waals surface area (Å²) in [6, 6.07) is 9.69. The van der Waals surface area contributed by atoms with E-state index < -0.39 is 6.10 Å². The zero-order valence-corrected chi connectivity index (χ0v) is 18.0. The van der Waals surface area contributed by atoms with Crippen LogP contribution in [0.2, 0.25) is 0 Å². The fourth-order valence-corrected chi connectivity index (χ4v) is 4.89. The van der Waals surface area contributed by atoms with Gasteiger partial charge in [0.15, 0.2) is 11.5 Å². The summed E-state index contributed by atoms with van der Waals surface area (Å²) in [5.74, 6) is 1.19. The summed E-state index contributed by atoms with van der Waals surface area (Å²) >= 11 is 1.70. The fourth-order valence-electron chi connectivity index (χ4n) is 4.18. The second-order valence-corrected chi connectivity index (χ2v) is 9.03. The number of amides is 1. The zero-order chi connectivity index (χ0) is 20.8. The molecule has 170 valence electrons. The third-order valence-electron chi connectivity index (χ3n) is 5.77. The highest BCUT2D eigenvalue weighted by molar-refractivity contribution is 7.09. The molecule has 2 atom stereocenters. The Morgan fingerprint density at radius 1 is 1.16 bits per heavy atom. The van der Waals surface area contributed by atoms with Gasteiger partial charge in [-0.3, -0.25) is 4.79 Å². The van der Waals surface area contributed by atoms with Gasteiger partial charge >= 0.3 is 0 Å². The molecule has 2 N–H and O–H groups in total. The minimum absolute atomic E-state index is 0. The van der Waals surface area contributed by atoms with E-state index in [1.165, 1.54) is 17.7 Å². The first-order valence-electron chi connectivity index (χ1n) is 10.8. The van der Waals surface area contributed by atoms with E-state index in [1.54, 1.807) is 11.3 Å². The van der Waals surface area contributed by atoms with Crippen LogP contribution in [0.1, 0.15) is 43.2 Å². The van der Waals surface area contributed by atoms with Crippen molar-refractivity contribution < 1.29 is 19.4 Å². The molecule has 0 spiro atoms. The van der Waals surface area contributed by atoms with Crippen molar-refractivity contribution >= 4 is 17.2 Å². The van der Waals surface area contributed by atoms with Gasteiger partial charge in [0.2, 0.25) is 5.91 Å². The Balaban J connectivity index is 0.00000272. The molecule has 1 amide bonds. The van der Waals surface area contributed by atoms with E-state index in [0.29, 0.717) is 44.2 Å². The maximum absolute atomic E-state index is 12.6. The number of fused-ring (bicyclic) bond motifs is 1. The number of ether oxygens (including phenoxy) is 2. The summed E-state index contributed by atoms with van der Waals surface area (Å²) in [6.07, 6.45) is 2.77. The number of rotatable bonds is 9. The molecular formula is C24H34N2O4S. The van der Waals surface area contributed by atoms with Gasteiger partial charge < -0.3 is 24.8 Å². The van der Waals surface area contributed by atoms with Crippen LogP contribution in [0.5, 0.6) is 11.5 Å². The van der Waals surface area contributed by atoms with Gasteiger partial charge in [-0.1, -0.05) is 19.6 Å². The van der Waals surface area contributed by atoms with Crippen molar-refractivity contribution in [3.8, 4) is 11.5 Å². The number of carbonyl (C=O) groups is 1. The van der Waals surface area contributed by atoms with Gasteiger partial charge in [-0.15, -0.1) is 11.3 Å². The zero-order valence-electron chi connectivity index (χ0n) is 17.2. The Morgan fingerprint density at radius 3 is 2.68 bits per heavy atom. The molecule has 2 aliphatic rings. The number of hydrogen-bond acceptors (Lipinski definition) is 6. The third kappa shape index (κ3) is 6.45. The predicted octanol–water partition coefficient (Wildman–Crippen LogP) is 3.65. The molecule has 1 saturated heterocycles. The van der Waals surface area contributed by atoms with Gasteiger partial charge in [-0.2, -0.15) is 0 Å². The van der Waals surface area contributed by atoms with Crippen LogP contribution >= 0.6 is 11.3 Å². The predicted molar refractivity (Wildman–Crippen MR) is 124 cm³/mol. The first-order chi connectivity index (χ1) is 14.7. The molecule has 2 aromatic rings. The van der Waals surface area contributed by atoms with Crippen molar-refractivity contribution in [2.75, 3.05) is 39.4 Å². The number of aliphatic hydroxyl groups is 1. The normalized spacial score (nSPS) is 17.6. The lowest BCUT2D eigenvalue weighted by Crippen LogP contribution is -2.35. The average molecular weight is 447 g/mol. The first-order valence-corrected chi connectivity index (χ1v) is 11.7. The van der Waals surface area contributed by atoms with E-state index in [1.807, 2.05) is 29.6 Å². The molecule has 31 heavy (non-hydrogen) atoms. The minimum atomic E-state index is -0.732. The van der Waals surface area contributed by atoms with E-state index >= 15 is 0 Å². The van der Waals surface area contributed by atoms with Crippen LogP contribution in [0.4, 0.5) is 0 Å². The number of aliphatic hydroxyl groups excluding tert-OH is 1. The molecular weight excluding hydrogens is 412 g/mol. The van der Waals surface area contributed by atoms with Crippen molar-refractivity contribution in [1.29, 1.82) is 0 Å². The Kier molecular flexibility index (Phi) is 8.75. The molecule has 6 nitrogen and oxygen atoms in total. The quantitative estimate of drug-likeness (QED) is 0.615. The summed E-state index contributed by atoms with van der Waals surface area (Å²) in [5, 5.41) is 16.2. The summed E-state index contributed by atoms with van der Waals surface area (Å²) in [6.45, 7) is 4.45. The van der Waals surface area contributed by atoms with E-state index in [4.69, 9.17) is 9.47 Å². The molecule has 2 aliphatic heterocycles. The number of nitrogens with one attached hydrogen (secondary N) is 1. The van der Waals surface area contributed by atoms with E-state index in [0.717, 1.165) is 25.1 Å². The Bertz CT molecular complexity index is 821.